The number of halogens is 3. The van der Waals surface area contributed by atoms with Crippen molar-refractivity contribution in [1.82, 2.24) is 25.0 Å². The summed E-state index contributed by atoms with van der Waals surface area (Å²) in [6.45, 7) is 5.13. The lowest BCUT2D eigenvalue weighted by molar-refractivity contribution is -0.138. The van der Waals surface area contributed by atoms with Crippen molar-refractivity contribution in [3.63, 3.8) is 0 Å². The van der Waals surface area contributed by atoms with Gasteiger partial charge >= 0.3 is 6.18 Å². The van der Waals surface area contributed by atoms with Crippen LogP contribution in [0.5, 0.6) is 0 Å². The zero-order valence-electron chi connectivity index (χ0n) is 24.2. The van der Waals surface area contributed by atoms with Gasteiger partial charge in [-0.3, -0.25) is 19.3 Å². The van der Waals surface area contributed by atoms with E-state index in [-0.39, 0.29) is 17.8 Å². The molecular formula is C30H31F3N6O4S. The molecule has 2 aromatic heterocycles. The van der Waals surface area contributed by atoms with Crippen molar-refractivity contribution in [3.8, 4) is 11.8 Å². The van der Waals surface area contributed by atoms with Gasteiger partial charge in [-0.2, -0.15) is 26.7 Å². The predicted octanol–water partition coefficient (Wildman–Crippen LogP) is 4.19. The molecule has 4 aromatic rings. The molecular weight excluding hydrogens is 597 g/mol. The lowest BCUT2D eigenvalue weighted by Gasteiger charge is -2.33. The van der Waals surface area contributed by atoms with E-state index in [2.05, 4.69) is 37.2 Å². The van der Waals surface area contributed by atoms with Crippen LogP contribution in [0.3, 0.4) is 0 Å². The number of anilines is 1. The molecule has 44 heavy (non-hydrogen) atoms. The lowest BCUT2D eigenvalue weighted by atomic mass is 10.0. The highest BCUT2D eigenvalue weighted by Crippen LogP contribution is 2.34. The SMILES string of the molecule is CS(=O)(=O)O.Cc1ccc(C(=O)Nc2ccc(CN3CCN(C)CC3)c(C(F)(F)F)c2)cc1C#Cc1cnc2[nH]ncc2c1. The minimum Gasteiger partial charge on any atom is -0.322 e. The number of hydrogen-bond acceptors (Lipinski definition) is 7. The number of rotatable bonds is 4. The Bertz CT molecular complexity index is 1810. The van der Waals surface area contributed by atoms with Gasteiger partial charge < -0.3 is 10.2 Å². The van der Waals surface area contributed by atoms with Gasteiger partial charge in [0.25, 0.3) is 16.0 Å². The van der Waals surface area contributed by atoms with Crippen LogP contribution in [0.4, 0.5) is 18.9 Å². The van der Waals surface area contributed by atoms with Gasteiger partial charge in [0.05, 0.1) is 18.0 Å². The van der Waals surface area contributed by atoms with Gasteiger partial charge in [-0.05, 0) is 55.4 Å². The van der Waals surface area contributed by atoms with Crippen LogP contribution >= 0.6 is 0 Å². The average molecular weight is 629 g/mol. The largest absolute Gasteiger partial charge is 0.416 e. The first-order valence-corrected chi connectivity index (χ1v) is 15.3. The Morgan fingerprint density at radius 3 is 2.45 bits per heavy atom. The molecule has 10 nitrogen and oxygen atoms in total. The summed E-state index contributed by atoms with van der Waals surface area (Å²) in [5.74, 6) is 5.60. The van der Waals surface area contributed by atoms with E-state index >= 15 is 0 Å². The highest BCUT2D eigenvalue weighted by Gasteiger charge is 2.34. The monoisotopic (exact) mass is 628 g/mol. The topological polar surface area (TPSA) is 132 Å². The maximum absolute atomic E-state index is 13.9. The molecule has 1 saturated heterocycles. The number of piperazine rings is 1. The molecule has 14 heteroatoms. The average Bonchev–Trinajstić information content (AvgIpc) is 3.41. The summed E-state index contributed by atoms with van der Waals surface area (Å²) in [5.41, 5.74) is 2.69. The highest BCUT2D eigenvalue weighted by molar-refractivity contribution is 7.85. The van der Waals surface area contributed by atoms with Crippen LogP contribution in [-0.2, 0) is 22.8 Å². The predicted molar refractivity (Wildman–Crippen MR) is 161 cm³/mol. The minimum absolute atomic E-state index is 0.0853. The van der Waals surface area contributed by atoms with Gasteiger partial charge in [-0.15, -0.1) is 0 Å². The summed E-state index contributed by atoms with van der Waals surface area (Å²) < 4.78 is 67.7. The number of nitrogens with zero attached hydrogens (tertiary/aromatic N) is 4. The smallest absolute Gasteiger partial charge is 0.322 e. The number of carbonyl (C=O) groups is 1. The summed E-state index contributed by atoms with van der Waals surface area (Å²) >= 11 is 0. The van der Waals surface area contributed by atoms with Gasteiger partial charge in [0.2, 0.25) is 0 Å². The van der Waals surface area contributed by atoms with E-state index < -0.39 is 27.8 Å². The third-order valence-electron chi connectivity index (χ3n) is 6.80. The molecule has 0 saturated carbocycles. The molecule has 0 aliphatic carbocycles. The number of alkyl halides is 3. The van der Waals surface area contributed by atoms with E-state index in [1.54, 1.807) is 30.6 Å². The number of hydrogen-bond donors (Lipinski definition) is 3. The number of carbonyl (C=O) groups excluding carboxylic acids is 1. The van der Waals surface area contributed by atoms with Crippen molar-refractivity contribution in [2.45, 2.75) is 19.6 Å². The molecule has 1 fully saturated rings. The van der Waals surface area contributed by atoms with Gasteiger partial charge in [0.15, 0.2) is 5.65 Å². The van der Waals surface area contributed by atoms with E-state index in [1.807, 2.05) is 24.9 Å². The Morgan fingerprint density at radius 2 is 1.77 bits per heavy atom. The summed E-state index contributed by atoms with van der Waals surface area (Å²) in [5, 5.41) is 10.2. The number of likely N-dealkylation sites (N-methyl/N-ethyl adjacent to an activating group) is 1. The van der Waals surface area contributed by atoms with Crippen LogP contribution in [0.1, 0.15) is 38.2 Å². The van der Waals surface area contributed by atoms with Crippen LogP contribution in [-0.4, -0.2) is 83.3 Å². The van der Waals surface area contributed by atoms with Crippen molar-refractivity contribution in [2.24, 2.45) is 0 Å². The van der Waals surface area contributed by atoms with E-state index in [1.165, 1.54) is 12.1 Å². The van der Waals surface area contributed by atoms with Crippen LogP contribution in [0, 0.1) is 18.8 Å². The Kier molecular flexibility index (Phi) is 10.1. The molecule has 0 unspecified atom stereocenters. The molecule has 0 bridgehead atoms. The van der Waals surface area contributed by atoms with Crippen molar-refractivity contribution in [3.05, 3.63) is 88.2 Å². The van der Waals surface area contributed by atoms with Crippen molar-refractivity contribution < 1.29 is 30.9 Å². The molecule has 0 atom stereocenters. The standard InChI is InChI=1S/C29H27F3N6O.CH4O3S/c1-19-3-5-22(14-21(19)6-4-20-13-24-17-34-36-27(24)33-16-20)28(39)35-25-8-7-23(26(15-25)29(30,31)32)18-38-11-9-37(2)10-12-38;1-5(2,3)4/h3,5,7-8,13-17H,9-12,18H2,1-2H3,(H,35,39)(H,33,34,36);1H3,(H,2,3,4). The maximum Gasteiger partial charge on any atom is 0.416 e. The fourth-order valence-electron chi connectivity index (χ4n) is 4.45. The molecule has 1 amide bonds. The van der Waals surface area contributed by atoms with E-state index in [0.29, 0.717) is 41.7 Å². The molecule has 5 rings (SSSR count). The molecule has 1 aliphatic heterocycles. The summed E-state index contributed by atoms with van der Waals surface area (Å²) in [6, 6.07) is 10.9. The van der Waals surface area contributed by atoms with Crippen LogP contribution in [0.2, 0.25) is 0 Å². The van der Waals surface area contributed by atoms with Crippen molar-refractivity contribution in [1.29, 1.82) is 0 Å². The quantitative estimate of drug-likeness (QED) is 0.227. The maximum atomic E-state index is 13.9. The number of H-pyrrole nitrogens is 1. The second-order valence-corrected chi connectivity index (χ2v) is 11.9. The van der Waals surface area contributed by atoms with Crippen molar-refractivity contribution in [2.75, 3.05) is 44.8 Å². The summed E-state index contributed by atoms with van der Waals surface area (Å²) in [6.07, 6.45) is -0.533. The number of aromatic nitrogens is 3. The molecule has 0 radical (unpaired) electrons. The van der Waals surface area contributed by atoms with Crippen LogP contribution < -0.4 is 5.32 Å². The Balaban J connectivity index is 0.000000818. The van der Waals surface area contributed by atoms with Gasteiger partial charge in [0, 0.05) is 66.7 Å². The Hall–Kier alpha value is -4.29. The number of benzene rings is 2. The van der Waals surface area contributed by atoms with Gasteiger partial charge in [-0.25, -0.2) is 4.98 Å². The summed E-state index contributed by atoms with van der Waals surface area (Å²) in [4.78, 5) is 21.4. The van der Waals surface area contributed by atoms with E-state index in [4.69, 9.17) is 4.55 Å². The number of aryl methyl sites for hydroxylation is 1. The minimum atomic E-state index is -4.54. The number of fused-ring (bicyclic) bond motifs is 1. The third kappa shape index (κ3) is 9.35. The third-order valence-corrected chi connectivity index (χ3v) is 6.80. The fourth-order valence-corrected chi connectivity index (χ4v) is 4.45. The number of amides is 1. The molecule has 1 aliphatic rings. The normalized spacial score (nSPS) is 14.3. The van der Waals surface area contributed by atoms with Crippen LogP contribution in [0.25, 0.3) is 11.0 Å². The first-order chi connectivity index (χ1) is 20.7. The molecule has 232 valence electrons. The number of nitrogens with one attached hydrogen (secondary N) is 2. The van der Waals surface area contributed by atoms with E-state index in [0.717, 1.165) is 30.1 Å². The molecule has 0 spiro atoms. The molecule has 3 heterocycles. The first kappa shape index (κ1) is 32.6. The fraction of sp³-hybridized carbons (Fsp3) is 0.300. The number of aromatic amines is 1. The Morgan fingerprint density at radius 1 is 1.07 bits per heavy atom. The summed E-state index contributed by atoms with van der Waals surface area (Å²) in [7, 11) is -1.67. The highest BCUT2D eigenvalue weighted by atomic mass is 32.2. The Labute approximate surface area is 253 Å². The van der Waals surface area contributed by atoms with Gasteiger partial charge in [0.1, 0.15) is 0 Å². The second-order valence-electron chi connectivity index (χ2n) is 10.4. The number of pyridine rings is 1. The van der Waals surface area contributed by atoms with Crippen LogP contribution in [0.15, 0.2) is 54.9 Å². The van der Waals surface area contributed by atoms with E-state index in [9.17, 15) is 26.4 Å². The van der Waals surface area contributed by atoms with Gasteiger partial charge in [-0.1, -0.05) is 24.0 Å². The van der Waals surface area contributed by atoms with Crippen molar-refractivity contribution >= 4 is 32.7 Å². The molecule has 2 aromatic carbocycles. The molecule has 3 N–H and O–H groups in total. The second kappa shape index (κ2) is 13.6. The zero-order valence-corrected chi connectivity index (χ0v) is 25.1. The zero-order chi connectivity index (χ0) is 32.1. The lowest BCUT2D eigenvalue weighted by Crippen LogP contribution is -2.44. The first-order valence-electron chi connectivity index (χ1n) is 13.4.